The second-order valence-electron chi connectivity index (χ2n) is 12.6. The van der Waals surface area contributed by atoms with E-state index in [2.05, 4.69) is 77.9 Å². The van der Waals surface area contributed by atoms with Crippen LogP contribution in [-0.4, -0.2) is 18.3 Å². The molecule has 0 amide bonds. The molecular formula is C30H36BNO2. The molecule has 0 N–H and O–H groups in total. The first-order valence-electron chi connectivity index (χ1n) is 13.1. The van der Waals surface area contributed by atoms with Gasteiger partial charge in [0.05, 0.1) is 22.8 Å². The molecule has 5 atom stereocenters. The Morgan fingerprint density at radius 3 is 2.35 bits per heavy atom. The molecule has 5 unspecified atom stereocenters. The zero-order valence-corrected chi connectivity index (χ0v) is 21.4. The van der Waals surface area contributed by atoms with E-state index in [-0.39, 0.29) is 23.7 Å². The molecule has 1 heterocycles. The van der Waals surface area contributed by atoms with Crippen LogP contribution in [0.25, 0.3) is 11.1 Å². The first-order valence-corrected chi connectivity index (χ1v) is 13.1. The Morgan fingerprint density at radius 2 is 1.65 bits per heavy atom. The van der Waals surface area contributed by atoms with Gasteiger partial charge in [-0.1, -0.05) is 44.2 Å². The third-order valence-corrected chi connectivity index (χ3v) is 10.1. The van der Waals surface area contributed by atoms with Crippen LogP contribution >= 0.6 is 0 Å². The highest BCUT2D eigenvalue weighted by molar-refractivity contribution is 6.62. The molecule has 2 saturated carbocycles. The summed E-state index contributed by atoms with van der Waals surface area (Å²) in [5.74, 6) is 2.60. The summed E-state index contributed by atoms with van der Waals surface area (Å²) >= 11 is 0. The topological polar surface area (TPSA) is 42.2 Å². The van der Waals surface area contributed by atoms with E-state index in [1.807, 2.05) is 6.07 Å². The average Bonchev–Trinajstić information content (AvgIpc) is 3.19. The van der Waals surface area contributed by atoms with Crippen LogP contribution in [-0.2, 0) is 14.7 Å². The van der Waals surface area contributed by atoms with Crippen LogP contribution in [0.3, 0.4) is 0 Å². The monoisotopic (exact) mass is 453 g/mol. The second kappa shape index (κ2) is 7.22. The van der Waals surface area contributed by atoms with E-state index in [1.165, 1.54) is 47.9 Å². The minimum atomic E-state index is -0.372. The van der Waals surface area contributed by atoms with Crippen molar-refractivity contribution >= 4 is 12.6 Å². The molecule has 0 radical (unpaired) electrons. The van der Waals surface area contributed by atoms with Gasteiger partial charge in [0, 0.05) is 5.41 Å². The van der Waals surface area contributed by atoms with E-state index in [0.29, 0.717) is 11.8 Å². The van der Waals surface area contributed by atoms with Gasteiger partial charge in [-0.25, -0.2) is 0 Å². The van der Waals surface area contributed by atoms with Crippen molar-refractivity contribution in [1.29, 1.82) is 5.26 Å². The minimum Gasteiger partial charge on any atom is -0.399 e. The maximum absolute atomic E-state index is 10.2. The normalized spacial score (nSPS) is 34.6. The molecule has 4 heteroatoms. The first kappa shape index (κ1) is 22.4. The molecule has 3 aliphatic carbocycles. The predicted octanol–water partition coefficient (Wildman–Crippen LogP) is 6.22. The lowest BCUT2D eigenvalue weighted by Crippen LogP contribution is -2.50. The maximum Gasteiger partial charge on any atom is 0.494 e. The summed E-state index contributed by atoms with van der Waals surface area (Å²) in [6, 6.07) is 15.8. The first-order chi connectivity index (χ1) is 16.1. The molecule has 2 bridgehead atoms. The second-order valence-corrected chi connectivity index (χ2v) is 12.6. The Kier molecular flexibility index (Phi) is 4.75. The third-order valence-electron chi connectivity index (χ3n) is 10.1. The molecule has 0 aromatic heterocycles. The van der Waals surface area contributed by atoms with Crippen LogP contribution in [0.2, 0.25) is 0 Å². The Balaban J connectivity index is 1.57. The van der Waals surface area contributed by atoms with Crippen LogP contribution in [0.15, 0.2) is 36.4 Å². The van der Waals surface area contributed by atoms with Crippen molar-refractivity contribution < 1.29 is 9.31 Å². The number of nitriles is 1. The van der Waals surface area contributed by atoms with Crippen molar-refractivity contribution in [2.45, 2.75) is 83.8 Å². The minimum absolute atomic E-state index is 0.109. The zero-order chi connectivity index (χ0) is 24.0. The van der Waals surface area contributed by atoms with Crippen molar-refractivity contribution in [3.05, 3.63) is 53.1 Å². The molecule has 6 rings (SSSR count). The van der Waals surface area contributed by atoms with E-state index in [0.717, 1.165) is 22.9 Å². The van der Waals surface area contributed by atoms with Crippen molar-refractivity contribution in [3.8, 4) is 17.2 Å². The third kappa shape index (κ3) is 2.84. The molecule has 1 spiro atoms. The molecule has 4 aliphatic rings. The van der Waals surface area contributed by atoms with Gasteiger partial charge in [0.2, 0.25) is 0 Å². The maximum atomic E-state index is 10.2. The van der Waals surface area contributed by atoms with Gasteiger partial charge in [0.1, 0.15) is 0 Å². The quantitative estimate of drug-likeness (QED) is 0.482. The molecular weight excluding hydrogens is 417 g/mol. The van der Waals surface area contributed by atoms with Crippen LogP contribution in [0.5, 0.6) is 0 Å². The number of hydrogen-bond donors (Lipinski definition) is 0. The number of nitrogens with zero attached hydrogens (tertiary/aromatic N) is 1. The fraction of sp³-hybridized carbons (Fsp3) is 0.567. The highest BCUT2D eigenvalue weighted by atomic mass is 16.7. The molecule has 3 nitrogen and oxygen atoms in total. The van der Waals surface area contributed by atoms with Crippen LogP contribution < -0.4 is 5.46 Å². The highest BCUT2D eigenvalue weighted by Crippen LogP contribution is 2.65. The van der Waals surface area contributed by atoms with E-state index in [1.54, 1.807) is 0 Å². The number of benzene rings is 2. The van der Waals surface area contributed by atoms with E-state index in [4.69, 9.17) is 9.31 Å². The van der Waals surface area contributed by atoms with Crippen molar-refractivity contribution in [1.82, 2.24) is 0 Å². The fourth-order valence-corrected chi connectivity index (χ4v) is 8.05. The fourth-order valence-electron chi connectivity index (χ4n) is 8.05. The van der Waals surface area contributed by atoms with Crippen molar-refractivity contribution in [2.75, 3.05) is 0 Å². The van der Waals surface area contributed by atoms with E-state index >= 15 is 0 Å². The van der Waals surface area contributed by atoms with Gasteiger partial charge in [-0.2, -0.15) is 5.26 Å². The molecule has 1 aliphatic heterocycles. The lowest BCUT2D eigenvalue weighted by molar-refractivity contribution is 0.00578. The molecule has 2 aromatic rings. The smallest absolute Gasteiger partial charge is 0.399 e. The zero-order valence-electron chi connectivity index (χ0n) is 21.4. The van der Waals surface area contributed by atoms with E-state index < -0.39 is 0 Å². The Labute approximate surface area is 205 Å². The van der Waals surface area contributed by atoms with Crippen molar-refractivity contribution in [2.24, 2.45) is 23.7 Å². The van der Waals surface area contributed by atoms with Gasteiger partial charge in [-0.05, 0) is 111 Å². The summed E-state index contributed by atoms with van der Waals surface area (Å²) < 4.78 is 12.9. The average molecular weight is 453 g/mol. The Hall–Kier alpha value is -2.09. The SMILES string of the molecule is CC1CC2CC(C)C3(c4cc(B5OC(C)(C)C(C)(C)O5)ccc4-c4cccc(C#N)c43)C(C1)C2. The summed E-state index contributed by atoms with van der Waals surface area (Å²) in [6.07, 6.45) is 5.10. The molecule has 2 aromatic carbocycles. The van der Waals surface area contributed by atoms with E-state index in [9.17, 15) is 5.26 Å². The van der Waals surface area contributed by atoms with Gasteiger partial charge < -0.3 is 9.31 Å². The van der Waals surface area contributed by atoms with Crippen molar-refractivity contribution in [3.63, 3.8) is 0 Å². The lowest BCUT2D eigenvalue weighted by atomic mass is 9.49. The van der Waals surface area contributed by atoms with Gasteiger partial charge in [-0.15, -0.1) is 0 Å². The molecule has 1 saturated heterocycles. The van der Waals surface area contributed by atoms with Gasteiger partial charge in [-0.3, -0.25) is 0 Å². The lowest BCUT2D eigenvalue weighted by Gasteiger charge is -2.54. The number of fused-ring (bicyclic) bond motifs is 8. The Morgan fingerprint density at radius 1 is 0.912 bits per heavy atom. The summed E-state index contributed by atoms with van der Waals surface area (Å²) in [6.45, 7) is 13.3. The van der Waals surface area contributed by atoms with Gasteiger partial charge in [0.15, 0.2) is 0 Å². The van der Waals surface area contributed by atoms with Gasteiger partial charge >= 0.3 is 7.12 Å². The molecule has 3 fully saturated rings. The summed E-state index contributed by atoms with van der Waals surface area (Å²) in [7, 11) is -0.372. The molecule has 34 heavy (non-hydrogen) atoms. The van der Waals surface area contributed by atoms with Crippen LogP contribution in [0.4, 0.5) is 0 Å². The summed E-state index contributed by atoms with van der Waals surface area (Å²) in [4.78, 5) is 0. The van der Waals surface area contributed by atoms with Crippen LogP contribution in [0.1, 0.15) is 83.9 Å². The molecule has 176 valence electrons. The number of rotatable bonds is 1. The summed E-state index contributed by atoms with van der Waals surface area (Å²) in [5.41, 5.74) is 6.38. The highest BCUT2D eigenvalue weighted by Gasteiger charge is 2.58. The predicted molar refractivity (Wildman–Crippen MR) is 137 cm³/mol. The summed E-state index contributed by atoms with van der Waals surface area (Å²) in [5, 5.41) is 10.2. The van der Waals surface area contributed by atoms with Crippen LogP contribution in [0, 0.1) is 35.0 Å². The Bertz CT molecular complexity index is 1190. The largest absolute Gasteiger partial charge is 0.494 e. The standard InChI is InChI=1S/C30H36BNO2/c1-18-12-20-14-19(2)30(22(13-18)15-20)26-16-23(31-33-28(3,4)29(5,6)34-31)10-11-24(26)25-9-7-8-21(17-32)27(25)30/h7-11,16,18-20,22H,12-15H2,1-6H3. The van der Waals surface area contributed by atoms with Gasteiger partial charge in [0.25, 0.3) is 0 Å². The number of hydrogen-bond acceptors (Lipinski definition) is 3.